The van der Waals surface area contributed by atoms with Crippen LogP contribution in [0.3, 0.4) is 0 Å². The molecular weight excluding hydrogens is 261 g/mol. The number of hydrogen-bond donors (Lipinski definition) is 1. The Morgan fingerprint density at radius 3 is 2.63 bits per heavy atom. The Labute approximate surface area is 119 Å². The van der Waals surface area contributed by atoms with Gasteiger partial charge in [-0.3, -0.25) is 0 Å². The molecule has 2 aliphatic rings. The second-order valence-electron chi connectivity index (χ2n) is 6.29. The van der Waals surface area contributed by atoms with Crippen molar-refractivity contribution in [1.82, 2.24) is 5.32 Å². The summed E-state index contributed by atoms with van der Waals surface area (Å²) < 4.78 is 13.6. The lowest BCUT2D eigenvalue weighted by Crippen LogP contribution is -2.35. The van der Waals surface area contributed by atoms with E-state index in [1.165, 1.54) is 38.5 Å². The fraction of sp³-hybridized carbons (Fsp3) is 0.625. The topological polar surface area (TPSA) is 12.0 Å². The van der Waals surface area contributed by atoms with E-state index in [-0.39, 0.29) is 10.8 Å². The van der Waals surface area contributed by atoms with Crippen LogP contribution in [0.15, 0.2) is 18.2 Å². The van der Waals surface area contributed by atoms with Gasteiger partial charge < -0.3 is 5.32 Å². The monoisotopic (exact) mass is 281 g/mol. The Morgan fingerprint density at radius 1 is 1.26 bits per heavy atom. The van der Waals surface area contributed by atoms with E-state index in [1.54, 1.807) is 12.1 Å². The molecule has 0 bridgehead atoms. The lowest BCUT2D eigenvalue weighted by atomic mass is 9.80. The van der Waals surface area contributed by atoms with Crippen LogP contribution in [-0.2, 0) is 6.42 Å². The second-order valence-corrected chi connectivity index (χ2v) is 6.69. The Morgan fingerprint density at radius 2 is 2.00 bits per heavy atom. The average molecular weight is 282 g/mol. The van der Waals surface area contributed by atoms with Crippen LogP contribution in [0.4, 0.5) is 4.39 Å². The summed E-state index contributed by atoms with van der Waals surface area (Å²) in [6.45, 7) is 1.09. The van der Waals surface area contributed by atoms with E-state index in [0.717, 1.165) is 24.6 Å². The molecule has 2 fully saturated rings. The van der Waals surface area contributed by atoms with Crippen molar-refractivity contribution in [2.24, 2.45) is 5.41 Å². The molecule has 0 amide bonds. The lowest BCUT2D eigenvalue weighted by molar-refractivity contribution is 0.276. The summed E-state index contributed by atoms with van der Waals surface area (Å²) >= 11 is 5.76. The molecule has 2 saturated carbocycles. The van der Waals surface area contributed by atoms with E-state index in [4.69, 9.17) is 11.6 Å². The van der Waals surface area contributed by atoms with Crippen molar-refractivity contribution in [3.05, 3.63) is 34.6 Å². The van der Waals surface area contributed by atoms with Crippen LogP contribution in [0.1, 0.15) is 44.1 Å². The van der Waals surface area contributed by atoms with Gasteiger partial charge in [0.15, 0.2) is 0 Å². The largest absolute Gasteiger partial charge is 0.313 e. The first-order valence-electron chi connectivity index (χ1n) is 7.34. The van der Waals surface area contributed by atoms with Crippen molar-refractivity contribution in [2.75, 3.05) is 6.54 Å². The van der Waals surface area contributed by atoms with E-state index in [2.05, 4.69) is 5.32 Å². The van der Waals surface area contributed by atoms with Gasteiger partial charge in [-0.25, -0.2) is 4.39 Å². The first-order valence-corrected chi connectivity index (χ1v) is 7.72. The highest BCUT2D eigenvalue weighted by Gasteiger charge is 2.35. The molecule has 0 atom stereocenters. The van der Waals surface area contributed by atoms with Gasteiger partial charge in [-0.2, -0.15) is 0 Å². The molecular formula is C16H21ClFN. The van der Waals surface area contributed by atoms with Crippen molar-refractivity contribution >= 4 is 11.6 Å². The second kappa shape index (κ2) is 5.41. The van der Waals surface area contributed by atoms with Crippen molar-refractivity contribution in [1.29, 1.82) is 0 Å². The van der Waals surface area contributed by atoms with Crippen molar-refractivity contribution in [3.63, 3.8) is 0 Å². The van der Waals surface area contributed by atoms with Gasteiger partial charge >= 0.3 is 0 Å². The van der Waals surface area contributed by atoms with Gasteiger partial charge in [0.1, 0.15) is 5.82 Å². The highest BCUT2D eigenvalue weighted by atomic mass is 35.5. The maximum Gasteiger partial charge on any atom is 0.142 e. The zero-order valence-electron chi connectivity index (χ0n) is 11.2. The van der Waals surface area contributed by atoms with Crippen LogP contribution < -0.4 is 5.32 Å². The third-order valence-corrected chi connectivity index (χ3v) is 4.88. The average Bonchev–Trinajstić information content (AvgIpc) is 3.12. The van der Waals surface area contributed by atoms with Gasteiger partial charge in [0.05, 0.1) is 5.02 Å². The first-order chi connectivity index (χ1) is 9.17. The van der Waals surface area contributed by atoms with Crippen molar-refractivity contribution < 1.29 is 4.39 Å². The Hall–Kier alpha value is -0.600. The summed E-state index contributed by atoms with van der Waals surface area (Å²) in [5.74, 6) is -0.289. The molecule has 0 aromatic heterocycles. The number of benzene rings is 1. The van der Waals surface area contributed by atoms with Crippen molar-refractivity contribution in [2.45, 2.75) is 51.0 Å². The van der Waals surface area contributed by atoms with E-state index < -0.39 is 0 Å². The molecule has 104 valence electrons. The summed E-state index contributed by atoms with van der Waals surface area (Å²) in [5, 5.41) is 3.89. The minimum absolute atomic E-state index is 0.223. The molecule has 1 N–H and O–H groups in total. The summed E-state index contributed by atoms with van der Waals surface area (Å²) in [6, 6.07) is 6.02. The number of nitrogens with one attached hydrogen (secondary N) is 1. The highest BCUT2D eigenvalue weighted by molar-refractivity contribution is 6.30. The normalized spacial score (nSPS) is 21.8. The maximum atomic E-state index is 13.6. The zero-order valence-corrected chi connectivity index (χ0v) is 12.0. The minimum Gasteiger partial charge on any atom is -0.313 e. The van der Waals surface area contributed by atoms with Crippen LogP contribution in [0.2, 0.25) is 5.02 Å². The van der Waals surface area contributed by atoms with Gasteiger partial charge in [0.2, 0.25) is 0 Å². The number of hydrogen-bond acceptors (Lipinski definition) is 1. The molecule has 2 aliphatic carbocycles. The molecule has 0 radical (unpaired) electrons. The minimum atomic E-state index is -0.289. The molecule has 1 nitrogen and oxygen atoms in total. The van der Waals surface area contributed by atoms with Gasteiger partial charge in [-0.1, -0.05) is 30.5 Å². The summed E-state index contributed by atoms with van der Waals surface area (Å²) in [4.78, 5) is 0. The predicted molar refractivity (Wildman–Crippen MR) is 77.0 cm³/mol. The molecule has 0 unspecified atom stereocenters. The molecule has 19 heavy (non-hydrogen) atoms. The quantitative estimate of drug-likeness (QED) is 0.847. The first kappa shape index (κ1) is 13.4. The van der Waals surface area contributed by atoms with Crippen LogP contribution in [-0.4, -0.2) is 12.6 Å². The van der Waals surface area contributed by atoms with Crippen molar-refractivity contribution in [3.8, 4) is 0 Å². The van der Waals surface area contributed by atoms with Gasteiger partial charge in [0.25, 0.3) is 0 Å². The lowest BCUT2D eigenvalue weighted by Gasteiger charge is -2.30. The molecule has 3 rings (SSSR count). The molecule has 0 spiro atoms. The van der Waals surface area contributed by atoms with Crippen LogP contribution in [0.25, 0.3) is 0 Å². The fourth-order valence-electron chi connectivity index (χ4n) is 3.27. The van der Waals surface area contributed by atoms with E-state index in [1.807, 2.05) is 6.07 Å². The third-order valence-electron chi connectivity index (χ3n) is 4.57. The molecule has 0 saturated heterocycles. The van der Waals surface area contributed by atoms with Gasteiger partial charge in [-0.05, 0) is 55.2 Å². The summed E-state index contributed by atoms with van der Waals surface area (Å²) in [7, 11) is 0. The highest BCUT2D eigenvalue weighted by Crippen LogP contribution is 2.41. The van der Waals surface area contributed by atoms with Crippen LogP contribution in [0, 0.1) is 11.2 Å². The molecule has 1 aromatic carbocycles. The standard InChI is InChI=1S/C16H21ClFN/c17-14-6-3-12(9-15(14)18)10-16(7-1-2-8-16)11-19-13-4-5-13/h3,6,9,13,19H,1-2,4-5,7-8,10-11H2. The molecule has 1 aromatic rings. The number of rotatable bonds is 5. The van der Waals surface area contributed by atoms with E-state index in [9.17, 15) is 4.39 Å². The molecule has 0 heterocycles. The Bertz CT molecular complexity index is 450. The predicted octanol–water partition coefficient (Wildman–Crippen LogP) is 4.33. The maximum absolute atomic E-state index is 13.6. The smallest absolute Gasteiger partial charge is 0.142 e. The molecule has 0 aliphatic heterocycles. The van der Waals surface area contributed by atoms with E-state index >= 15 is 0 Å². The summed E-state index contributed by atoms with van der Waals surface area (Å²) in [5.41, 5.74) is 1.42. The summed E-state index contributed by atoms with van der Waals surface area (Å²) in [6.07, 6.45) is 8.76. The zero-order chi connectivity index (χ0) is 13.3. The van der Waals surface area contributed by atoms with E-state index in [0.29, 0.717) is 5.41 Å². The third kappa shape index (κ3) is 3.29. The molecule has 3 heteroatoms. The van der Waals surface area contributed by atoms with Gasteiger partial charge in [0, 0.05) is 12.6 Å². The van der Waals surface area contributed by atoms with Gasteiger partial charge in [-0.15, -0.1) is 0 Å². The van der Waals surface area contributed by atoms with Crippen LogP contribution >= 0.6 is 11.6 Å². The fourth-order valence-corrected chi connectivity index (χ4v) is 3.39. The van der Waals surface area contributed by atoms with Crippen LogP contribution in [0.5, 0.6) is 0 Å². The number of halogens is 2. The SMILES string of the molecule is Fc1cc(CC2(CNC3CC3)CCCC2)ccc1Cl. The Kier molecular flexibility index (Phi) is 3.81. The Balaban J connectivity index is 1.70.